The second-order valence-corrected chi connectivity index (χ2v) is 4.81. The summed E-state index contributed by atoms with van der Waals surface area (Å²) in [4.78, 5) is 3.94. The molecule has 0 aliphatic heterocycles. The molecule has 0 unspecified atom stereocenters. The van der Waals surface area contributed by atoms with Gasteiger partial charge in [-0.25, -0.2) is 0 Å². The van der Waals surface area contributed by atoms with Crippen LogP contribution in [-0.4, -0.2) is 25.8 Å². The zero-order valence-electron chi connectivity index (χ0n) is 12.8. The number of rotatable bonds is 9. The minimum atomic E-state index is 0.499. The van der Waals surface area contributed by atoms with Gasteiger partial charge in [0.1, 0.15) is 0 Å². The third-order valence-electron chi connectivity index (χ3n) is 2.47. The molecule has 0 aromatic carbocycles. The summed E-state index contributed by atoms with van der Waals surface area (Å²) in [6, 6.07) is 0.499. The minimum Gasteiger partial charge on any atom is -0.311 e. The molecule has 0 rings (SSSR count). The van der Waals surface area contributed by atoms with Gasteiger partial charge in [0.15, 0.2) is 0 Å². The van der Waals surface area contributed by atoms with E-state index in [1.807, 2.05) is 13.1 Å². The van der Waals surface area contributed by atoms with Gasteiger partial charge < -0.3 is 10.3 Å². The van der Waals surface area contributed by atoms with Crippen molar-refractivity contribution < 1.29 is 0 Å². The molecule has 0 radical (unpaired) electrons. The van der Waals surface area contributed by atoms with E-state index in [-0.39, 0.29) is 0 Å². The number of nitrogens with one attached hydrogen (secondary N) is 1. The summed E-state index contributed by atoms with van der Waals surface area (Å²) < 4.78 is 0. The Balaban J connectivity index is 4.35. The molecule has 2 nitrogen and oxygen atoms in total. The van der Waals surface area contributed by atoms with Crippen molar-refractivity contribution in [3.8, 4) is 0 Å². The van der Waals surface area contributed by atoms with Crippen molar-refractivity contribution in [3.63, 3.8) is 0 Å². The first-order chi connectivity index (χ1) is 9.10. The van der Waals surface area contributed by atoms with Crippen molar-refractivity contribution in [3.05, 3.63) is 48.1 Å². The lowest BCUT2D eigenvalue weighted by atomic mass is 10.1. The zero-order chi connectivity index (χ0) is 14.5. The van der Waals surface area contributed by atoms with Gasteiger partial charge in [0.25, 0.3) is 0 Å². The summed E-state index contributed by atoms with van der Waals surface area (Å²) in [6.07, 6.45) is 14.2. The molecule has 0 heterocycles. The van der Waals surface area contributed by atoms with E-state index in [1.165, 1.54) is 11.1 Å². The summed E-state index contributed by atoms with van der Waals surface area (Å²) in [7, 11) is 1.79. The maximum absolute atomic E-state index is 4.12. The van der Waals surface area contributed by atoms with Crippen molar-refractivity contribution in [2.24, 2.45) is 4.99 Å². The van der Waals surface area contributed by atoms with Crippen LogP contribution in [0, 0.1) is 0 Å². The van der Waals surface area contributed by atoms with Gasteiger partial charge in [0, 0.05) is 32.3 Å². The highest BCUT2D eigenvalue weighted by Crippen LogP contribution is 2.11. The average Bonchev–Trinajstić information content (AvgIpc) is 2.36. The maximum atomic E-state index is 4.12. The fourth-order valence-corrected chi connectivity index (χ4v) is 1.52. The largest absolute Gasteiger partial charge is 0.311 e. The summed E-state index contributed by atoms with van der Waals surface area (Å²) in [5.41, 5.74) is 2.49. The van der Waals surface area contributed by atoms with Crippen molar-refractivity contribution >= 4 is 6.21 Å². The molecule has 2 heteroatoms. The molecule has 0 amide bonds. The monoisotopic (exact) mass is 260 g/mol. The highest BCUT2D eigenvalue weighted by atomic mass is 14.9. The van der Waals surface area contributed by atoms with E-state index in [2.05, 4.69) is 61.1 Å². The molecule has 0 atom stereocenters. The van der Waals surface area contributed by atoms with E-state index in [1.54, 1.807) is 7.05 Å². The number of nitrogens with zero attached hydrogens (tertiary/aromatic N) is 1. The summed E-state index contributed by atoms with van der Waals surface area (Å²) in [6.45, 7) is 11.3. The molecular weight excluding hydrogens is 232 g/mol. The molecule has 0 aromatic rings. The first-order valence-electron chi connectivity index (χ1n) is 6.89. The number of aliphatic imine (C=N–C) groups is 1. The van der Waals surface area contributed by atoms with Gasteiger partial charge in [-0.2, -0.15) is 0 Å². The molecule has 0 aromatic heterocycles. The predicted octanol–water partition coefficient (Wildman–Crippen LogP) is 4.08. The van der Waals surface area contributed by atoms with Crippen LogP contribution in [0.4, 0.5) is 0 Å². The minimum absolute atomic E-state index is 0.499. The topological polar surface area (TPSA) is 24.4 Å². The average molecular weight is 260 g/mol. The Kier molecular flexibility index (Phi) is 10.8. The quantitative estimate of drug-likeness (QED) is 0.377. The van der Waals surface area contributed by atoms with Crippen LogP contribution in [0.3, 0.4) is 0 Å². The predicted molar refractivity (Wildman–Crippen MR) is 88.0 cm³/mol. The zero-order valence-corrected chi connectivity index (χ0v) is 12.8. The molecule has 0 aliphatic carbocycles. The molecule has 0 spiro atoms. The summed E-state index contributed by atoms with van der Waals surface area (Å²) in [5, 5.41) is 3.39. The lowest BCUT2D eigenvalue weighted by Gasteiger charge is -2.10. The summed E-state index contributed by atoms with van der Waals surface area (Å²) >= 11 is 0. The Labute approximate surface area is 118 Å². The van der Waals surface area contributed by atoms with Crippen LogP contribution in [0.5, 0.6) is 0 Å². The molecule has 0 saturated heterocycles. The lowest BCUT2D eigenvalue weighted by molar-refractivity contribution is 0.618. The second-order valence-electron chi connectivity index (χ2n) is 4.81. The van der Waals surface area contributed by atoms with Crippen molar-refractivity contribution in [1.29, 1.82) is 0 Å². The molecule has 1 N–H and O–H groups in total. The van der Waals surface area contributed by atoms with Gasteiger partial charge in [-0.15, -0.1) is 0 Å². The molecule has 106 valence electrons. The Hall–Kier alpha value is -1.41. The second kappa shape index (κ2) is 11.7. The van der Waals surface area contributed by atoms with Crippen LogP contribution < -0.4 is 5.32 Å². The number of allylic oxidation sites excluding steroid dienone is 6. The Bertz CT molecular complexity index is 357. The van der Waals surface area contributed by atoms with Crippen LogP contribution in [0.25, 0.3) is 0 Å². The van der Waals surface area contributed by atoms with E-state index in [0.29, 0.717) is 6.04 Å². The molecule has 0 fully saturated rings. The molecule has 0 bridgehead atoms. The molecule has 0 aliphatic rings. The van der Waals surface area contributed by atoms with Crippen molar-refractivity contribution in [1.82, 2.24) is 5.32 Å². The Morgan fingerprint density at radius 1 is 1.37 bits per heavy atom. The normalized spacial score (nSPS) is 13.4. The Morgan fingerprint density at radius 3 is 2.68 bits per heavy atom. The smallest absolute Gasteiger partial charge is 0.0273 e. The van der Waals surface area contributed by atoms with Gasteiger partial charge in [-0.1, -0.05) is 56.4 Å². The third-order valence-corrected chi connectivity index (χ3v) is 2.47. The molecule has 0 saturated carbocycles. The van der Waals surface area contributed by atoms with E-state index in [4.69, 9.17) is 0 Å². The third kappa shape index (κ3) is 11.4. The van der Waals surface area contributed by atoms with Crippen LogP contribution >= 0.6 is 0 Å². The van der Waals surface area contributed by atoms with Crippen molar-refractivity contribution in [2.75, 3.05) is 13.6 Å². The first-order valence-corrected chi connectivity index (χ1v) is 6.89. The van der Waals surface area contributed by atoms with Gasteiger partial charge in [0.05, 0.1) is 0 Å². The van der Waals surface area contributed by atoms with Crippen LogP contribution in [0.2, 0.25) is 0 Å². The fraction of sp³-hybridized carbons (Fsp3) is 0.471. The lowest BCUT2D eigenvalue weighted by Crippen LogP contribution is -2.24. The van der Waals surface area contributed by atoms with Crippen LogP contribution in [0.1, 0.15) is 33.6 Å². The van der Waals surface area contributed by atoms with Gasteiger partial charge in [-0.05, 0) is 18.9 Å². The number of hydrogen-bond acceptors (Lipinski definition) is 2. The first kappa shape index (κ1) is 17.6. The van der Waals surface area contributed by atoms with Crippen LogP contribution in [-0.2, 0) is 0 Å². The fourth-order valence-electron chi connectivity index (χ4n) is 1.52. The number of hydrogen-bond donors (Lipinski definition) is 1. The van der Waals surface area contributed by atoms with Crippen molar-refractivity contribution in [2.45, 2.75) is 39.7 Å². The molecule has 19 heavy (non-hydrogen) atoms. The standard InChI is InChI=1S/C17H28N2/c1-6-10-17(11-8-7-9-12-18-5)13-16(4)14-19-15(2)3/h6-8,10-12,15,19H,4,9,13-14H2,1-3,5H3/b8-7+,10-6-,17-11+,18-12?. The maximum Gasteiger partial charge on any atom is 0.0273 e. The van der Waals surface area contributed by atoms with Gasteiger partial charge in [-0.3, -0.25) is 0 Å². The van der Waals surface area contributed by atoms with E-state index < -0.39 is 0 Å². The highest BCUT2D eigenvalue weighted by Gasteiger charge is 1.98. The Morgan fingerprint density at radius 2 is 2.11 bits per heavy atom. The van der Waals surface area contributed by atoms with E-state index in [9.17, 15) is 0 Å². The van der Waals surface area contributed by atoms with Crippen LogP contribution in [0.15, 0.2) is 53.1 Å². The van der Waals surface area contributed by atoms with Gasteiger partial charge in [0.2, 0.25) is 0 Å². The molecular formula is C17H28N2. The highest BCUT2D eigenvalue weighted by molar-refractivity contribution is 5.59. The summed E-state index contributed by atoms with van der Waals surface area (Å²) in [5.74, 6) is 0. The van der Waals surface area contributed by atoms with E-state index >= 15 is 0 Å². The SMILES string of the molecule is C=C(CNC(C)C)CC(/C=C\C)=C/C=C/CC=NC. The van der Waals surface area contributed by atoms with Gasteiger partial charge >= 0.3 is 0 Å². The van der Waals surface area contributed by atoms with E-state index in [0.717, 1.165) is 19.4 Å².